The van der Waals surface area contributed by atoms with E-state index < -0.39 is 11.9 Å². The van der Waals surface area contributed by atoms with Crippen LogP contribution >= 0.6 is 0 Å². The molecule has 5 nitrogen and oxygen atoms in total. The first-order chi connectivity index (χ1) is 12.8. The van der Waals surface area contributed by atoms with Crippen molar-refractivity contribution >= 4 is 11.9 Å². The lowest BCUT2D eigenvalue weighted by atomic mass is 9.93. The van der Waals surface area contributed by atoms with Gasteiger partial charge in [0.25, 0.3) is 0 Å². The van der Waals surface area contributed by atoms with Crippen LogP contribution in [0.25, 0.3) is 11.1 Å². The minimum Gasteiger partial charge on any atom is -0.478 e. The van der Waals surface area contributed by atoms with Crippen molar-refractivity contribution in [1.82, 2.24) is 0 Å². The van der Waals surface area contributed by atoms with E-state index in [4.69, 9.17) is 15.9 Å². The van der Waals surface area contributed by atoms with Crippen molar-refractivity contribution in [2.24, 2.45) is 5.73 Å². The second-order valence-corrected chi connectivity index (χ2v) is 5.71. The highest BCUT2D eigenvalue weighted by Crippen LogP contribution is 2.30. The van der Waals surface area contributed by atoms with E-state index in [0.29, 0.717) is 24.1 Å². The molecular weight excluding hydrogens is 349 g/mol. The fraction of sp³-hybridized carbons (Fsp3) is 0.143. The van der Waals surface area contributed by atoms with E-state index in [-0.39, 0.29) is 11.9 Å². The Balaban J connectivity index is 0.000000387. The van der Waals surface area contributed by atoms with Crippen molar-refractivity contribution in [1.29, 1.82) is 0 Å². The highest BCUT2D eigenvalue weighted by molar-refractivity contribution is 5.89. The molecular formula is C21H22FNO4. The van der Waals surface area contributed by atoms with Gasteiger partial charge in [0.1, 0.15) is 5.82 Å². The van der Waals surface area contributed by atoms with Gasteiger partial charge in [0.15, 0.2) is 0 Å². The normalized spacial score (nSPS) is 11.4. The Bertz CT molecular complexity index is 830. The first-order valence-corrected chi connectivity index (χ1v) is 8.12. The summed E-state index contributed by atoms with van der Waals surface area (Å²) in [6.07, 6.45) is 3.57. The molecule has 0 spiro atoms. The Morgan fingerprint density at radius 3 is 2.22 bits per heavy atom. The van der Waals surface area contributed by atoms with Crippen molar-refractivity contribution < 1.29 is 24.2 Å². The lowest BCUT2D eigenvalue weighted by molar-refractivity contribution is -0.134. The van der Waals surface area contributed by atoms with Crippen molar-refractivity contribution in [3.63, 3.8) is 0 Å². The number of carboxylic acids is 2. The van der Waals surface area contributed by atoms with Crippen LogP contribution in [0, 0.1) is 12.7 Å². The number of hydrogen-bond acceptors (Lipinski definition) is 3. The van der Waals surface area contributed by atoms with Gasteiger partial charge in [0.2, 0.25) is 0 Å². The summed E-state index contributed by atoms with van der Waals surface area (Å²) in [5, 5.41) is 15.6. The number of benzene rings is 2. The molecule has 1 atom stereocenters. The van der Waals surface area contributed by atoms with Crippen LogP contribution < -0.4 is 5.73 Å². The van der Waals surface area contributed by atoms with E-state index in [1.54, 1.807) is 12.1 Å². The van der Waals surface area contributed by atoms with Gasteiger partial charge in [-0.1, -0.05) is 42.5 Å². The summed E-state index contributed by atoms with van der Waals surface area (Å²) >= 11 is 0. The topological polar surface area (TPSA) is 101 Å². The average Bonchev–Trinajstić information content (AvgIpc) is 2.61. The van der Waals surface area contributed by atoms with Crippen LogP contribution in [0.1, 0.15) is 23.6 Å². The molecule has 0 aliphatic heterocycles. The van der Waals surface area contributed by atoms with Gasteiger partial charge in [-0.05, 0) is 36.1 Å². The fourth-order valence-electron chi connectivity index (χ4n) is 2.35. The number of hydrogen-bond donors (Lipinski definition) is 3. The van der Waals surface area contributed by atoms with Crippen molar-refractivity contribution in [2.75, 3.05) is 0 Å². The van der Waals surface area contributed by atoms with Gasteiger partial charge in [-0.3, -0.25) is 0 Å². The Kier molecular flexibility index (Phi) is 8.62. The number of halogens is 1. The standard InChI is InChI=1S/C17H18FN.C4H4O4/c1-3-6-17(19)15-8-5-4-7-13(15)14-10-9-12(2)11-16(14)18;5-3(6)1-2-4(7)8/h3-5,7-11,17H,1,6,19H2,2H3;1-2H,(H,5,6)(H,7,8)/b;2-1+. The van der Waals surface area contributed by atoms with Crippen LogP contribution in [0.3, 0.4) is 0 Å². The Morgan fingerprint density at radius 2 is 1.70 bits per heavy atom. The molecule has 1 unspecified atom stereocenters. The summed E-state index contributed by atoms with van der Waals surface area (Å²) in [5.74, 6) is -2.72. The number of aliphatic carboxylic acids is 2. The Labute approximate surface area is 157 Å². The molecule has 0 aliphatic carbocycles. The molecule has 2 aromatic rings. The largest absolute Gasteiger partial charge is 0.478 e. The number of aryl methyl sites for hydroxylation is 1. The lowest BCUT2D eigenvalue weighted by Crippen LogP contribution is -2.10. The molecule has 4 N–H and O–H groups in total. The smallest absolute Gasteiger partial charge is 0.328 e. The van der Waals surface area contributed by atoms with E-state index >= 15 is 0 Å². The average molecular weight is 371 g/mol. The third-order valence-electron chi connectivity index (χ3n) is 3.56. The third kappa shape index (κ3) is 7.25. The van der Waals surface area contributed by atoms with Crippen molar-refractivity contribution in [3.05, 3.63) is 84.2 Å². The number of nitrogens with two attached hydrogens (primary N) is 1. The minimum absolute atomic E-state index is 0.158. The van der Waals surface area contributed by atoms with E-state index in [1.165, 1.54) is 0 Å². The zero-order valence-corrected chi connectivity index (χ0v) is 14.9. The van der Waals surface area contributed by atoms with E-state index in [2.05, 4.69) is 6.58 Å². The zero-order chi connectivity index (χ0) is 20.4. The molecule has 27 heavy (non-hydrogen) atoms. The minimum atomic E-state index is -1.26. The van der Waals surface area contributed by atoms with Gasteiger partial charge in [0.05, 0.1) is 0 Å². The van der Waals surface area contributed by atoms with Crippen molar-refractivity contribution in [3.8, 4) is 11.1 Å². The molecule has 142 valence electrons. The van der Waals surface area contributed by atoms with Crippen LogP contribution in [0.4, 0.5) is 4.39 Å². The van der Waals surface area contributed by atoms with Gasteiger partial charge >= 0.3 is 11.9 Å². The van der Waals surface area contributed by atoms with Gasteiger partial charge < -0.3 is 15.9 Å². The molecule has 0 aromatic heterocycles. The van der Waals surface area contributed by atoms with Crippen LogP contribution in [-0.4, -0.2) is 22.2 Å². The molecule has 0 heterocycles. The Hall–Kier alpha value is -3.25. The molecule has 0 fully saturated rings. The molecule has 0 saturated carbocycles. The first-order valence-electron chi connectivity index (χ1n) is 8.12. The first kappa shape index (κ1) is 21.8. The molecule has 2 aromatic carbocycles. The maximum absolute atomic E-state index is 14.1. The molecule has 0 saturated heterocycles. The van der Waals surface area contributed by atoms with Crippen LogP contribution in [0.15, 0.2) is 67.3 Å². The molecule has 0 amide bonds. The number of carboxylic acid groups (broad SMARTS) is 2. The molecule has 0 aliphatic rings. The maximum Gasteiger partial charge on any atom is 0.328 e. The SMILES string of the molecule is C=CCC(N)c1ccccc1-c1ccc(C)cc1F.O=C(O)/C=C/C(=O)O. The maximum atomic E-state index is 14.1. The lowest BCUT2D eigenvalue weighted by Gasteiger charge is -2.16. The summed E-state index contributed by atoms with van der Waals surface area (Å²) in [6, 6.07) is 12.8. The monoisotopic (exact) mass is 371 g/mol. The Morgan fingerprint density at radius 1 is 1.11 bits per heavy atom. The summed E-state index contributed by atoms with van der Waals surface area (Å²) in [6.45, 7) is 5.58. The van der Waals surface area contributed by atoms with Crippen molar-refractivity contribution in [2.45, 2.75) is 19.4 Å². The predicted octanol–water partition coefficient (Wildman–Crippen LogP) is 4.09. The van der Waals surface area contributed by atoms with Gasteiger partial charge in [-0.25, -0.2) is 14.0 Å². The van der Waals surface area contributed by atoms with Crippen LogP contribution in [0.5, 0.6) is 0 Å². The molecule has 0 bridgehead atoms. The second kappa shape index (κ2) is 10.7. The summed E-state index contributed by atoms with van der Waals surface area (Å²) in [7, 11) is 0. The molecule has 2 rings (SSSR count). The molecule has 6 heteroatoms. The number of rotatable bonds is 6. The van der Waals surface area contributed by atoms with Crippen LogP contribution in [-0.2, 0) is 9.59 Å². The second-order valence-electron chi connectivity index (χ2n) is 5.71. The highest BCUT2D eigenvalue weighted by atomic mass is 19.1. The van der Waals surface area contributed by atoms with Crippen LogP contribution in [0.2, 0.25) is 0 Å². The summed E-state index contributed by atoms with van der Waals surface area (Å²) in [4.78, 5) is 19.1. The van der Waals surface area contributed by atoms with Gasteiger partial charge in [0, 0.05) is 23.8 Å². The van der Waals surface area contributed by atoms with Gasteiger partial charge in [-0.15, -0.1) is 6.58 Å². The summed E-state index contributed by atoms with van der Waals surface area (Å²) in [5.41, 5.74) is 9.44. The summed E-state index contributed by atoms with van der Waals surface area (Å²) < 4.78 is 14.1. The highest BCUT2D eigenvalue weighted by Gasteiger charge is 2.13. The zero-order valence-electron chi connectivity index (χ0n) is 14.9. The number of carbonyl (C=O) groups is 2. The third-order valence-corrected chi connectivity index (χ3v) is 3.56. The fourth-order valence-corrected chi connectivity index (χ4v) is 2.35. The quantitative estimate of drug-likeness (QED) is 0.524. The van der Waals surface area contributed by atoms with Gasteiger partial charge in [-0.2, -0.15) is 0 Å². The predicted molar refractivity (Wildman–Crippen MR) is 103 cm³/mol. The van der Waals surface area contributed by atoms with E-state index in [9.17, 15) is 14.0 Å². The van der Waals surface area contributed by atoms with E-state index in [1.807, 2.05) is 43.3 Å². The van der Waals surface area contributed by atoms with E-state index in [0.717, 1.165) is 16.7 Å². The molecule has 0 radical (unpaired) electrons.